The normalized spacial score (nSPS) is 10.8. The lowest BCUT2D eigenvalue weighted by Gasteiger charge is -2.09. The maximum Gasteiger partial charge on any atom is 0.343 e. The maximum absolute atomic E-state index is 12.7. The van der Waals surface area contributed by atoms with Crippen LogP contribution in [0.25, 0.3) is 11.4 Å². The summed E-state index contributed by atoms with van der Waals surface area (Å²) in [6.07, 6.45) is 19.6. The van der Waals surface area contributed by atoms with Gasteiger partial charge in [-0.2, -0.15) is 5.26 Å². The molecule has 3 aromatic rings. The Balaban J connectivity index is 1.50. The maximum atomic E-state index is 12.7. The van der Waals surface area contributed by atoms with Crippen LogP contribution >= 0.6 is 0 Å². The summed E-state index contributed by atoms with van der Waals surface area (Å²) in [6.45, 7) is 4.42. The zero-order valence-corrected chi connectivity index (χ0v) is 23.0. The van der Waals surface area contributed by atoms with Crippen LogP contribution in [0.5, 0.6) is 5.75 Å². The number of rotatable bonds is 16. The third-order valence-electron chi connectivity index (χ3n) is 6.84. The van der Waals surface area contributed by atoms with Crippen molar-refractivity contribution < 1.29 is 9.53 Å². The highest BCUT2D eigenvalue weighted by molar-refractivity contribution is 5.91. The molecule has 0 unspecified atom stereocenters. The smallest absolute Gasteiger partial charge is 0.343 e. The Kier molecular flexibility index (Phi) is 12.5. The van der Waals surface area contributed by atoms with Gasteiger partial charge in [0.05, 0.1) is 11.1 Å². The molecule has 0 bridgehead atoms. The molecule has 0 saturated heterocycles. The van der Waals surface area contributed by atoms with E-state index in [0.717, 1.165) is 48.8 Å². The molecule has 0 aliphatic heterocycles. The number of hydrogen-bond acceptors (Lipinski definition) is 5. The van der Waals surface area contributed by atoms with E-state index in [1.807, 2.05) is 36.7 Å². The van der Waals surface area contributed by atoms with Crippen LogP contribution < -0.4 is 4.74 Å². The highest BCUT2D eigenvalue weighted by Crippen LogP contribution is 2.23. The van der Waals surface area contributed by atoms with Crippen LogP contribution in [0.4, 0.5) is 0 Å². The molecule has 5 nitrogen and oxygen atoms in total. The molecule has 0 fully saturated rings. The predicted octanol–water partition coefficient (Wildman–Crippen LogP) is 8.65. The molecule has 1 aromatic heterocycles. The Morgan fingerprint density at radius 3 is 2.00 bits per heavy atom. The number of carbonyl (C=O) groups excluding carboxylic acids is 1. The van der Waals surface area contributed by atoms with Crippen molar-refractivity contribution in [2.45, 2.75) is 97.3 Å². The van der Waals surface area contributed by atoms with Crippen LogP contribution in [0, 0.1) is 11.3 Å². The van der Waals surface area contributed by atoms with Crippen molar-refractivity contribution in [1.82, 2.24) is 9.97 Å². The quantitative estimate of drug-likeness (QED) is 0.109. The fourth-order valence-corrected chi connectivity index (χ4v) is 4.50. The van der Waals surface area contributed by atoms with Gasteiger partial charge in [-0.1, -0.05) is 89.8 Å². The molecule has 0 aliphatic carbocycles. The average molecular weight is 512 g/mol. The number of benzene rings is 2. The lowest BCUT2D eigenvalue weighted by Crippen LogP contribution is -2.09. The molecule has 0 amide bonds. The Hall–Kier alpha value is -3.52. The molecule has 5 heteroatoms. The summed E-state index contributed by atoms with van der Waals surface area (Å²) in [5, 5.41) is 9.53. The molecule has 38 heavy (non-hydrogen) atoms. The summed E-state index contributed by atoms with van der Waals surface area (Å²) in [7, 11) is 0. The number of aromatic nitrogens is 2. The second-order valence-electron chi connectivity index (χ2n) is 10.0. The monoisotopic (exact) mass is 511 g/mol. The molecule has 0 N–H and O–H groups in total. The van der Waals surface area contributed by atoms with E-state index in [1.165, 1.54) is 51.4 Å². The summed E-state index contributed by atoms with van der Waals surface area (Å²) in [5.74, 6) is 0.430. The number of unbranched alkanes of at least 4 members (excludes halogenated alkanes) is 9. The highest BCUT2D eigenvalue weighted by atomic mass is 16.5. The largest absolute Gasteiger partial charge is 0.422 e. The number of hydrogen-bond donors (Lipinski definition) is 0. The molecule has 3 rings (SSSR count). The third-order valence-corrected chi connectivity index (χ3v) is 6.84. The van der Waals surface area contributed by atoms with Gasteiger partial charge >= 0.3 is 5.97 Å². The van der Waals surface area contributed by atoms with Crippen molar-refractivity contribution in [2.75, 3.05) is 0 Å². The van der Waals surface area contributed by atoms with Crippen LogP contribution in [-0.4, -0.2) is 15.9 Å². The van der Waals surface area contributed by atoms with Crippen molar-refractivity contribution in [3.05, 3.63) is 77.1 Å². The van der Waals surface area contributed by atoms with Crippen molar-refractivity contribution >= 4 is 5.97 Å². The second kappa shape index (κ2) is 16.3. The molecule has 0 radical (unpaired) electrons. The average Bonchev–Trinajstić information content (AvgIpc) is 2.95. The van der Waals surface area contributed by atoms with Crippen LogP contribution in [0.2, 0.25) is 0 Å². The number of carbonyl (C=O) groups is 1. The molecule has 200 valence electrons. The van der Waals surface area contributed by atoms with Gasteiger partial charge in [-0.15, -0.1) is 0 Å². The van der Waals surface area contributed by atoms with Crippen LogP contribution in [0.3, 0.4) is 0 Å². The van der Waals surface area contributed by atoms with E-state index in [4.69, 9.17) is 4.74 Å². The fourth-order valence-electron chi connectivity index (χ4n) is 4.50. The number of esters is 1. The van der Waals surface area contributed by atoms with Gasteiger partial charge in [0.2, 0.25) is 0 Å². The Morgan fingerprint density at radius 2 is 1.34 bits per heavy atom. The Bertz CT molecular complexity index is 1160. The van der Waals surface area contributed by atoms with Crippen molar-refractivity contribution in [3.63, 3.8) is 0 Å². The van der Waals surface area contributed by atoms with Crippen molar-refractivity contribution in [3.8, 4) is 23.2 Å². The van der Waals surface area contributed by atoms with Gasteiger partial charge in [-0.05, 0) is 61.1 Å². The molecule has 2 aromatic carbocycles. The van der Waals surface area contributed by atoms with E-state index in [-0.39, 0.29) is 5.75 Å². The van der Waals surface area contributed by atoms with E-state index in [0.29, 0.717) is 17.0 Å². The van der Waals surface area contributed by atoms with E-state index >= 15 is 0 Å². The molecule has 0 atom stereocenters. The Morgan fingerprint density at radius 1 is 0.763 bits per heavy atom. The molecular weight excluding hydrogens is 470 g/mol. The van der Waals surface area contributed by atoms with Crippen molar-refractivity contribution in [2.24, 2.45) is 0 Å². The van der Waals surface area contributed by atoms with Crippen molar-refractivity contribution in [1.29, 1.82) is 5.26 Å². The van der Waals surface area contributed by atoms with E-state index in [1.54, 1.807) is 18.2 Å². The summed E-state index contributed by atoms with van der Waals surface area (Å²) in [5.41, 5.74) is 3.88. The van der Waals surface area contributed by atoms with Crippen LogP contribution in [-0.2, 0) is 12.8 Å². The number of aryl methyl sites for hydroxylation is 2. The fraction of sp³-hybridized carbons (Fsp3) is 0.455. The molecule has 1 heterocycles. The zero-order valence-electron chi connectivity index (χ0n) is 23.0. The van der Waals surface area contributed by atoms with Gasteiger partial charge in [0, 0.05) is 18.0 Å². The first-order valence-electron chi connectivity index (χ1n) is 14.3. The van der Waals surface area contributed by atoms with Gasteiger partial charge in [0.1, 0.15) is 11.8 Å². The van der Waals surface area contributed by atoms with Crippen LogP contribution in [0.1, 0.15) is 112 Å². The molecule has 0 spiro atoms. The first-order chi connectivity index (χ1) is 18.6. The lowest BCUT2D eigenvalue weighted by atomic mass is 10.0. The molecule has 0 saturated carbocycles. The SMILES string of the molecule is CCCCCCCCCCc1cnc(-c2ccc(C(=O)Oc3ccc(CCCCC)cc3C#N)cc2)nc1. The molecular formula is C33H41N3O2. The number of ether oxygens (including phenoxy) is 1. The lowest BCUT2D eigenvalue weighted by molar-refractivity contribution is 0.0734. The van der Waals surface area contributed by atoms with Gasteiger partial charge in [0.25, 0.3) is 0 Å². The van der Waals surface area contributed by atoms with Gasteiger partial charge in [-0.3, -0.25) is 0 Å². The van der Waals surface area contributed by atoms with E-state index in [2.05, 4.69) is 29.9 Å². The van der Waals surface area contributed by atoms with E-state index in [9.17, 15) is 10.1 Å². The Labute approximate surface area is 228 Å². The second-order valence-corrected chi connectivity index (χ2v) is 10.0. The van der Waals surface area contributed by atoms with Gasteiger partial charge < -0.3 is 4.74 Å². The summed E-state index contributed by atoms with van der Waals surface area (Å²) in [4.78, 5) is 21.8. The van der Waals surface area contributed by atoms with E-state index < -0.39 is 5.97 Å². The minimum atomic E-state index is -0.492. The first-order valence-corrected chi connectivity index (χ1v) is 14.3. The summed E-state index contributed by atoms with van der Waals surface area (Å²) >= 11 is 0. The summed E-state index contributed by atoms with van der Waals surface area (Å²) in [6, 6.07) is 14.7. The predicted molar refractivity (Wildman–Crippen MR) is 153 cm³/mol. The zero-order chi connectivity index (χ0) is 27.0. The summed E-state index contributed by atoms with van der Waals surface area (Å²) < 4.78 is 5.55. The van der Waals surface area contributed by atoms with Crippen LogP contribution in [0.15, 0.2) is 54.9 Å². The number of nitrogens with zero attached hydrogens (tertiary/aromatic N) is 3. The minimum Gasteiger partial charge on any atom is -0.422 e. The minimum absolute atomic E-state index is 0.288. The first kappa shape index (κ1) is 29.0. The molecule has 0 aliphatic rings. The standard InChI is InChI=1S/C33H41N3O2/c1-3-5-7-8-9-10-11-13-15-27-24-35-32(36-25-27)28-17-19-29(20-18-28)33(37)38-31-21-16-26(14-12-6-4-2)22-30(31)23-34/h16-22,24-25H,3-15H2,1-2H3. The van der Waals surface area contributed by atoms with Gasteiger partial charge in [-0.25, -0.2) is 14.8 Å². The number of nitriles is 1. The third kappa shape index (κ3) is 9.41. The van der Waals surface area contributed by atoms with Gasteiger partial charge in [0.15, 0.2) is 5.82 Å². The highest BCUT2D eigenvalue weighted by Gasteiger charge is 2.13. The topological polar surface area (TPSA) is 75.9 Å².